The van der Waals surface area contributed by atoms with Crippen molar-refractivity contribution in [1.29, 1.82) is 0 Å². The topological polar surface area (TPSA) is 57.7 Å². The number of imide groups is 1. The summed E-state index contributed by atoms with van der Waals surface area (Å²) in [5.74, 6) is -1.26. The predicted octanol–water partition coefficient (Wildman–Crippen LogP) is 2.47. The van der Waals surface area contributed by atoms with Gasteiger partial charge in [-0.15, -0.1) is 0 Å². The van der Waals surface area contributed by atoms with Gasteiger partial charge in [0.1, 0.15) is 5.82 Å². The fourth-order valence-corrected chi connectivity index (χ4v) is 2.79. The number of fused-ring (bicyclic) bond motifs is 1. The minimum atomic E-state index is -0.366. The van der Waals surface area contributed by atoms with Gasteiger partial charge in [-0.05, 0) is 29.8 Å². The van der Waals surface area contributed by atoms with E-state index in [9.17, 15) is 18.8 Å². The highest BCUT2D eigenvalue weighted by Crippen LogP contribution is 2.22. The minimum absolute atomic E-state index is 0.0406. The second-order valence-corrected chi connectivity index (χ2v) is 5.93. The Labute approximate surface area is 144 Å². The number of hydrogen-bond donors (Lipinski definition) is 0. The first kappa shape index (κ1) is 16.8. The molecule has 1 aliphatic rings. The Morgan fingerprint density at radius 1 is 1.00 bits per heavy atom. The summed E-state index contributed by atoms with van der Waals surface area (Å²) >= 11 is 0. The lowest BCUT2D eigenvalue weighted by Gasteiger charge is -2.19. The lowest BCUT2D eigenvalue weighted by Crippen LogP contribution is -2.35. The van der Waals surface area contributed by atoms with Crippen molar-refractivity contribution >= 4 is 17.7 Å². The summed E-state index contributed by atoms with van der Waals surface area (Å²) in [5.41, 5.74) is 1.55. The average Bonchev–Trinajstić information content (AvgIpc) is 2.86. The number of benzene rings is 2. The molecule has 0 aliphatic carbocycles. The molecule has 25 heavy (non-hydrogen) atoms. The zero-order valence-electron chi connectivity index (χ0n) is 13.7. The Morgan fingerprint density at radius 2 is 1.56 bits per heavy atom. The SMILES string of the molecule is CN(Cc1ccc(F)cc1)C(=O)CCN1C(=O)c2ccccc2C1=O. The van der Waals surface area contributed by atoms with Crippen LogP contribution >= 0.6 is 0 Å². The van der Waals surface area contributed by atoms with Crippen LogP contribution in [0.5, 0.6) is 0 Å². The lowest BCUT2D eigenvalue weighted by atomic mass is 10.1. The zero-order chi connectivity index (χ0) is 18.0. The van der Waals surface area contributed by atoms with Crippen LogP contribution in [-0.2, 0) is 11.3 Å². The van der Waals surface area contributed by atoms with E-state index >= 15 is 0 Å². The smallest absolute Gasteiger partial charge is 0.261 e. The second kappa shape index (κ2) is 6.84. The minimum Gasteiger partial charge on any atom is -0.341 e. The third-order valence-corrected chi connectivity index (χ3v) is 4.19. The largest absolute Gasteiger partial charge is 0.341 e. The molecule has 0 bridgehead atoms. The van der Waals surface area contributed by atoms with Crippen molar-refractivity contribution in [3.63, 3.8) is 0 Å². The third kappa shape index (κ3) is 3.42. The van der Waals surface area contributed by atoms with Crippen LogP contribution in [-0.4, -0.2) is 41.1 Å². The Kier molecular flexibility index (Phi) is 4.61. The van der Waals surface area contributed by atoms with Gasteiger partial charge in [-0.25, -0.2) is 4.39 Å². The van der Waals surface area contributed by atoms with Crippen LogP contribution < -0.4 is 0 Å². The summed E-state index contributed by atoms with van der Waals surface area (Å²) in [7, 11) is 1.63. The standard InChI is InChI=1S/C19H17FN2O3/c1-21(12-13-6-8-14(20)9-7-13)17(23)10-11-22-18(24)15-4-2-3-5-16(15)19(22)25/h2-9H,10-12H2,1H3. The Balaban J connectivity index is 1.58. The molecule has 0 saturated heterocycles. The summed E-state index contributed by atoms with van der Waals surface area (Å²) in [6.45, 7) is 0.375. The fraction of sp³-hybridized carbons (Fsp3) is 0.211. The molecule has 0 spiro atoms. The van der Waals surface area contributed by atoms with Crippen LogP contribution in [0.1, 0.15) is 32.7 Å². The summed E-state index contributed by atoms with van der Waals surface area (Å²) in [6, 6.07) is 12.5. The molecular formula is C19H17FN2O3. The van der Waals surface area contributed by atoms with E-state index in [0.717, 1.165) is 10.5 Å². The van der Waals surface area contributed by atoms with Crippen molar-refractivity contribution in [3.05, 3.63) is 71.0 Å². The van der Waals surface area contributed by atoms with Crippen LogP contribution in [0.15, 0.2) is 48.5 Å². The maximum Gasteiger partial charge on any atom is 0.261 e. The molecule has 2 aromatic carbocycles. The Bertz CT molecular complexity index is 798. The highest BCUT2D eigenvalue weighted by atomic mass is 19.1. The van der Waals surface area contributed by atoms with Gasteiger partial charge in [-0.1, -0.05) is 24.3 Å². The van der Waals surface area contributed by atoms with E-state index in [1.54, 1.807) is 43.4 Å². The molecule has 3 amide bonds. The molecule has 0 radical (unpaired) electrons. The second-order valence-electron chi connectivity index (χ2n) is 5.93. The first-order valence-electron chi connectivity index (χ1n) is 7.91. The number of rotatable bonds is 5. The van der Waals surface area contributed by atoms with Gasteiger partial charge in [-0.3, -0.25) is 19.3 Å². The highest BCUT2D eigenvalue weighted by molar-refractivity contribution is 6.21. The maximum atomic E-state index is 12.9. The van der Waals surface area contributed by atoms with Crippen LogP contribution in [0.3, 0.4) is 0 Å². The number of amides is 3. The summed E-state index contributed by atoms with van der Waals surface area (Å²) in [5, 5.41) is 0. The molecule has 2 aromatic rings. The van der Waals surface area contributed by atoms with Crippen molar-refractivity contribution < 1.29 is 18.8 Å². The van der Waals surface area contributed by atoms with Crippen molar-refractivity contribution in [2.45, 2.75) is 13.0 Å². The molecule has 1 aliphatic heterocycles. The van der Waals surface area contributed by atoms with Gasteiger partial charge in [0.15, 0.2) is 0 Å². The number of carbonyl (C=O) groups excluding carboxylic acids is 3. The molecule has 0 aromatic heterocycles. The molecule has 0 N–H and O–H groups in total. The summed E-state index contributed by atoms with van der Waals surface area (Å²) in [4.78, 5) is 39.4. The first-order valence-corrected chi connectivity index (χ1v) is 7.91. The van der Waals surface area contributed by atoms with Crippen molar-refractivity contribution in [3.8, 4) is 0 Å². The quantitative estimate of drug-likeness (QED) is 0.786. The number of hydrogen-bond acceptors (Lipinski definition) is 3. The molecule has 0 atom stereocenters. The first-order chi connectivity index (χ1) is 12.0. The molecule has 5 nitrogen and oxygen atoms in total. The highest BCUT2D eigenvalue weighted by Gasteiger charge is 2.35. The number of carbonyl (C=O) groups is 3. The lowest BCUT2D eigenvalue weighted by molar-refractivity contribution is -0.130. The van der Waals surface area contributed by atoms with E-state index in [4.69, 9.17) is 0 Å². The maximum absolute atomic E-state index is 12.9. The molecule has 0 fully saturated rings. The monoisotopic (exact) mass is 340 g/mol. The fourth-order valence-electron chi connectivity index (χ4n) is 2.79. The van der Waals surface area contributed by atoms with E-state index in [1.807, 2.05) is 0 Å². The van der Waals surface area contributed by atoms with E-state index < -0.39 is 0 Å². The Hall–Kier alpha value is -3.02. The van der Waals surface area contributed by atoms with Crippen LogP contribution in [0, 0.1) is 5.82 Å². The van der Waals surface area contributed by atoms with Gasteiger partial charge >= 0.3 is 0 Å². The van der Waals surface area contributed by atoms with E-state index in [2.05, 4.69) is 0 Å². The van der Waals surface area contributed by atoms with Gasteiger partial charge in [-0.2, -0.15) is 0 Å². The molecule has 3 rings (SSSR count). The van der Waals surface area contributed by atoms with Crippen LogP contribution in [0.2, 0.25) is 0 Å². The molecule has 1 heterocycles. The van der Waals surface area contributed by atoms with Gasteiger partial charge < -0.3 is 4.90 Å². The molecule has 0 unspecified atom stereocenters. The van der Waals surface area contributed by atoms with Crippen LogP contribution in [0.25, 0.3) is 0 Å². The summed E-state index contributed by atoms with van der Waals surface area (Å²) in [6.07, 6.45) is 0.0448. The summed E-state index contributed by atoms with van der Waals surface area (Å²) < 4.78 is 12.9. The van der Waals surface area contributed by atoms with Crippen molar-refractivity contribution in [2.24, 2.45) is 0 Å². The van der Waals surface area contributed by atoms with E-state index in [-0.39, 0.29) is 36.5 Å². The normalized spacial score (nSPS) is 13.1. The van der Waals surface area contributed by atoms with E-state index in [0.29, 0.717) is 17.7 Å². The van der Waals surface area contributed by atoms with Crippen molar-refractivity contribution in [2.75, 3.05) is 13.6 Å². The van der Waals surface area contributed by atoms with Gasteiger partial charge in [0.05, 0.1) is 11.1 Å². The third-order valence-electron chi connectivity index (χ3n) is 4.19. The number of nitrogens with zero attached hydrogens (tertiary/aromatic N) is 2. The number of halogens is 1. The van der Waals surface area contributed by atoms with Gasteiger partial charge in [0.25, 0.3) is 11.8 Å². The zero-order valence-corrected chi connectivity index (χ0v) is 13.7. The molecule has 6 heteroatoms. The Morgan fingerprint density at radius 3 is 2.12 bits per heavy atom. The van der Waals surface area contributed by atoms with E-state index in [1.165, 1.54) is 17.0 Å². The molecule has 128 valence electrons. The van der Waals surface area contributed by atoms with Crippen LogP contribution in [0.4, 0.5) is 4.39 Å². The van der Waals surface area contributed by atoms with Gasteiger partial charge in [0, 0.05) is 26.6 Å². The van der Waals surface area contributed by atoms with Crippen molar-refractivity contribution in [1.82, 2.24) is 9.80 Å². The average molecular weight is 340 g/mol. The van der Waals surface area contributed by atoms with Gasteiger partial charge in [0.2, 0.25) is 5.91 Å². The molecular weight excluding hydrogens is 323 g/mol. The molecule has 0 saturated carbocycles. The predicted molar refractivity (Wildman–Crippen MR) is 89.3 cm³/mol.